The molecule has 0 aliphatic carbocycles. The minimum atomic E-state index is -0.343. The molecule has 0 radical (unpaired) electrons. The van der Waals surface area contributed by atoms with Crippen LogP contribution in [0.1, 0.15) is 29.0 Å². The highest BCUT2D eigenvalue weighted by Crippen LogP contribution is 2.29. The molecule has 1 atom stereocenters. The number of nitrogens with zero attached hydrogens (tertiary/aromatic N) is 2. The average Bonchev–Trinajstić information content (AvgIpc) is 3.20. The van der Waals surface area contributed by atoms with Gasteiger partial charge in [-0.2, -0.15) is 0 Å². The maximum absolute atomic E-state index is 12.7. The predicted octanol–water partition coefficient (Wildman–Crippen LogP) is 2.65. The van der Waals surface area contributed by atoms with Crippen molar-refractivity contribution in [3.05, 3.63) is 35.7 Å². The van der Waals surface area contributed by atoms with E-state index in [9.17, 15) is 4.79 Å². The van der Waals surface area contributed by atoms with Crippen LogP contribution in [0.5, 0.6) is 11.5 Å². The molecular weight excluding hydrogens is 348 g/mol. The highest BCUT2D eigenvalue weighted by molar-refractivity contribution is 6.04. The fraction of sp³-hybridized carbons (Fsp3) is 0.421. The highest BCUT2D eigenvalue weighted by atomic mass is 16.5. The summed E-state index contributed by atoms with van der Waals surface area (Å²) >= 11 is 0. The first kappa shape index (κ1) is 18.9. The number of rotatable bonds is 7. The largest absolute Gasteiger partial charge is 0.497 e. The Morgan fingerprint density at radius 1 is 1.26 bits per heavy atom. The summed E-state index contributed by atoms with van der Waals surface area (Å²) in [5.74, 6) is 1.22. The number of methoxy groups -OCH3 is 2. The molecule has 0 bridgehead atoms. The van der Waals surface area contributed by atoms with E-state index in [4.69, 9.17) is 14.2 Å². The van der Waals surface area contributed by atoms with E-state index in [1.807, 2.05) is 6.92 Å². The fourth-order valence-corrected chi connectivity index (χ4v) is 2.86. The maximum Gasteiger partial charge on any atom is 0.274 e. The molecule has 27 heavy (non-hydrogen) atoms. The second-order valence-electron chi connectivity index (χ2n) is 6.25. The third-order valence-corrected chi connectivity index (χ3v) is 4.26. The second-order valence-corrected chi connectivity index (χ2v) is 6.25. The number of aromatic nitrogens is 2. The Hall–Kier alpha value is -2.87. The monoisotopic (exact) mass is 372 g/mol. The number of amides is 1. The van der Waals surface area contributed by atoms with Gasteiger partial charge in [0.2, 0.25) is 5.95 Å². The first-order valence-electron chi connectivity index (χ1n) is 8.83. The van der Waals surface area contributed by atoms with Crippen molar-refractivity contribution in [2.75, 3.05) is 38.0 Å². The first-order chi connectivity index (χ1) is 13.1. The summed E-state index contributed by atoms with van der Waals surface area (Å²) in [6.45, 7) is 3.23. The third-order valence-electron chi connectivity index (χ3n) is 4.26. The van der Waals surface area contributed by atoms with Gasteiger partial charge in [-0.3, -0.25) is 4.79 Å². The van der Waals surface area contributed by atoms with Gasteiger partial charge in [0.25, 0.3) is 5.91 Å². The van der Waals surface area contributed by atoms with Gasteiger partial charge in [0.15, 0.2) is 0 Å². The molecule has 3 rings (SSSR count). The summed E-state index contributed by atoms with van der Waals surface area (Å²) in [4.78, 5) is 21.3. The van der Waals surface area contributed by atoms with Crippen LogP contribution in [-0.4, -0.2) is 49.4 Å². The smallest absolute Gasteiger partial charge is 0.274 e. The molecule has 144 valence electrons. The van der Waals surface area contributed by atoms with Crippen LogP contribution in [0.2, 0.25) is 0 Å². The van der Waals surface area contributed by atoms with E-state index in [2.05, 4.69) is 20.6 Å². The number of nitrogens with one attached hydrogen (secondary N) is 2. The molecule has 2 heterocycles. The van der Waals surface area contributed by atoms with E-state index in [1.54, 1.807) is 31.4 Å². The lowest BCUT2D eigenvalue weighted by Gasteiger charge is -2.13. The SMILES string of the molecule is COc1ccc(NC(=O)c2cc(C)nc(NCC3CCCO3)n2)c(OC)c1. The topological polar surface area (TPSA) is 94.6 Å². The van der Waals surface area contributed by atoms with Gasteiger partial charge in [-0.25, -0.2) is 9.97 Å². The van der Waals surface area contributed by atoms with Gasteiger partial charge < -0.3 is 24.8 Å². The van der Waals surface area contributed by atoms with E-state index in [-0.39, 0.29) is 17.7 Å². The molecule has 1 aliphatic rings. The van der Waals surface area contributed by atoms with Crippen molar-refractivity contribution in [3.8, 4) is 11.5 Å². The molecule has 1 fully saturated rings. The standard InChI is InChI=1S/C19H24N4O4/c1-12-9-16(23-19(21-12)20-11-14-5-4-8-27-14)18(24)22-15-7-6-13(25-2)10-17(15)26-3/h6-7,9-10,14H,4-5,8,11H2,1-3H3,(H,22,24)(H,20,21,23). The Morgan fingerprint density at radius 3 is 2.81 bits per heavy atom. The molecule has 1 unspecified atom stereocenters. The van der Waals surface area contributed by atoms with Crippen molar-refractivity contribution in [1.29, 1.82) is 0 Å². The number of aryl methyl sites for hydroxylation is 1. The van der Waals surface area contributed by atoms with Gasteiger partial charge in [0.05, 0.1) is 26.0 Å². The zero-order valence-electron chi connectivity index (χ0n) is 15.7. The van der Waals surface area contributed by atoms with Crippen LogP contribution in [0.15, 0.2) is 24.3 Å². The predicted molar refractivity (Wildman–Crippen MR) is 102 cm³/mol. The zero-order valence-corrected chi connectivity index (χ0v) is 15.7. The number of anilines is 2. The molecule has 1 amide bonds. The molecule has 0 saturated carbocycles. The van der Waals surface area contributed by atoms with Gasteiger partial charge in [-0.15, -0.1) is 0 Å². The normalized spacial score (nSPS) is 16.0. The zero-order chi connectivity index (χ0) is 19.2. The van der Waals surface area contributed by atoms with Crippen molar-refractivity contribution >= 4 is 17.5 Å². The quantitative estimate of drug-likeness (QED) is 0.771. The molecular formula is C19H24N4O4. The molecule has 2 aromatic rings. The number of hydrogen-bond acceptors (Lipinski definition) is 7. The van der Waals surface area contributed by atoms with Crippen molar-refractivity contribution < 1.29 is 19.0 Å². The van der Waals surface area contributed by atoms with E-state index < -0.39 is 0 Å². The summed E-state index contributed by atoms with van der Waals surface area (Å²) in [7, 11) is 3.11. The molecule has 1 aromatic heterocycles. The lowest BCUT2D eigenvalue weighted by Crippen LogP contribution is -2.21. The Kier molecular flexibility index (Phi) is 6.08. The van der Waals surface area contributed by atoms with Crippen LogP contribution in [0.25, 0.3) is 0 Å². The van der Waals surface area contributed by atoms with E-state index in [0.29, 0.717) is 35.4 Å². The van der Waals surface area contributed by atoms with Crippen LogP contribution in [0, 0.1) is 6.92 Å². The molecule has 1 saturated heterocycles. The van der Waals surface area contributed by atoms with Crippen LogP contribution in [0.3, 0.4) is 0 Å². The van der Waals surface area contributed by atoms with Crippen molar-refractivity contribution in [1.82, 2.24) is 9.97 Å². The summed E-state index contributed by atoms with van der Waals surface area (Å²) < 4.78 is 16.1. The van der Waals surface area contributed by atoms with Gasteiger partial charge in [0.1, 0.15) is 17.2 Å². The fourth-order valence-electron chi connectivity index (χ4n) is 2.86. The Bertz CT molecular complexity index is 806. The summed E-state index contributed by atoms with van der Waals surface area (Å²) in [6, 6.07) is 6.82. The molecule has 1 aliphatic heterocycles. The highest BCUT2D eigenvalue weighted by Gasteiger charge is 2.17. The number of ether oxygens (including phenoxy) is 3. The Labute approximate surface area is 158 Å². The first-order valence-corrected chi connectivity index (χ1v) is 8.83. The minimum absolute atomic E-state index is 0.162. The Balaban J connectivity index is 1.72. The molecule has 0 spiro atoms. The van der Waals surface area contributed by atoms with Crippen LogP contribution in [0.4, 0.5) is 11.6 Å². The summed E-state index contributed by atoms with van der Waals surface area (Å²) in [5.41, 5.74) is 1.51. The molecule has 1 aromatic carbocycles. The van der Waals surface area contributed by atoms with Gasteiger partial charge in [-0.1, -0.05) is 0 Å². The second kappa shape index (κ2) is 8.68. The van der Waals surface area contributed by atoms with Crippen molar-refractivity contribution in [2.24, 2.45) is 0 Å². The van der Waals surface area contributed by atoms with Crippen LogP contribution >= 0.6 is 0 Å². The van der Waals surface area contributed by atoms with E-state index in [1.165, 1.54) is 7.11 Å². The lowest BCUT2D eigenvalue weighted by molar-refractivity contribution is 0.102. The summed E-state index contributed by atoms with van der Waals surface area (Å²) in [5, 5.41) is 5.97. The van der Waals surface area contributed by atoms with Crippen molar-refractivity contribution in [3.63, 3.8) is 0 Å². The third kappa shape index (κ3) is 4.85. The maximum atomic E-state index is 12.7. The molecule has 8 nitrogen and oxygen atoms in total. The number of carbonyl (C=O) groups is 1. The van der Waals surface area contributed by atoms with Crippen LogP contribution in [-0.2, 0) is 4.74 Å². The van der Waals surface area contributed by atoms with Crippen molar-refractivity contribution in [2.45, 2.75) is 25.9 Å². The van der Waals surface area contributed by atoms with Crippen LogP contribution < -0.4 is 20.1 Å². The lowest BCUT2D eigenvalue weighted by atomic mass is 10.2. The number of benzene rings is 1. The number of hydrogen-bond donors (Lipinski definition) is 2. The van der Waals surface area contributed by atoms with E-state index >= 15 is 0 Å². The van der Waals surface area contributed by atoms with Gasteiger partial charge in [-0.05, 0) is 38.0 Å². The minimum Gasteiger partial charge on any atom is -0.497 e. The summed E-state index contributed by atoms with van der Waals surface area (Å²) in [6.07, 6.45) is 2.25. The van der Waals surface area contributed by atoms with Gasteiger partial charge >= 0.3 is 0 Å². The Morgan fingerprint density at radius 2 is 2.11 bits per heavy atom. The van der Waals surface area contributed by atoms with Gasteiger partial charge in [0, 0.05) is 24.9 Å². The number of carbonyl (C=O) groups excluding carboxylic acids is 1. The molecule has 8 heteroatoms. The average molecular weight is 372 g/mol. The van der Waals surface area contributed by atoms with E-state index in [0.717, 1.165) is 19.4 Å². The molecule has 2 N–H and O–H groups in total.